The molecule has 30 heavy (non-hydrogen) atoms. The minimum atomic E-state index is -3.42. The Morgan fingerprint density at radius 2 is 1.77 bits per heavy atom. The van der Waals surface area contributed by atoms with Gasteiger partial charge in [0.1, 0.15) is 5.58 Å². The van der Waals surface area contributed by atoms with Gasteiger partial charge in [-0.05, 0) is 35.4 Å². The third-order valence-corrected chi connectivity index (χ3v) is 5.58. The van der Waals surface area contributed by atoms with Gasteiger partial charge in [-0.15, -0.1) is 0 Å². The Hall–Kier alpha value is -3.32. The van der Waals surface area contributed by atoms with Gasteiger partial charge in [-0.3, -0.25) is 9.52 Å². The predicted octanol–water partition coefficient (Wildman–Crippen LogP) is 4.38. The van der Waals surface area contributed by atoms with E-state index in [1.165, 1.54) is 0 Å². The highest BCUT2D eigenvalue weighted by Gasteiger charge is 2.17. The van der Waals surface area contributed by atoms with E-state index in [-0.39, 0.29) is 18.4 Å². The van der Waals surface area contributed by atoms with E-state index < -0.39 is 10.0 Å². The molecule has 1 aromatic heterocycles. The molecule has 0 saturated heterocycles. The first-order valence-corrected chi connectivity index (χ1v) is 11.4. The van der Waals surface area contributed by atoms with Gasteiger partial charge in [-0.25, -0.2) is 8.42 Å². The SMILES string of the molecule is CC(NC(=O)Cc1coc2ccc3ccccc3c12)c1ccccc1NS(C)(=O)=O. The molecule has 0 bridgehead atoms. The third-order valence-electron chi connectivity index (χ3n) is 4.99. The van der Waals surface area contributed by atoms with Gasteiger partial charge in [0, 0.05) is 10.9 Å². The van der Waals surface area contributed by atoms with Crippen LogP contribution in [-0.2, 0) is 21.2 Å². The number of hydrogen-bond donors (Lipinski definition) is 2. The van der Waals surface area contributed by atoms with Crippen LogP contribution in [0.2, 0.25) is 0 Å². The van der Waals surface area contributed by atoms with Crippen molar-refractivity contribution in [2.45, 2.75) is 19.4 Å². The van der Waals surface area contributed by atoms with Crippen LogP contribution < -0.4 is 10.0 Å². The van der Waals surface area contributed by atoms with Crippen molar-refractivity contribution in [3.05, 3.63) is 78.1 Å². The molecule has 1 amide bonds. The summed E-state index contributed by atoms with van der Waals surface area (Å²) in [4.78, 5) is 12.8. The Balaban J connectivity index is 1.57. The molecule has 0 aliphatic carbocycles. The number of anilines is 1. The summed E-state index contributed by atoms with van der Waals surface area (Å²) in [5, 5.41) is 6.03. The number of para-hydroxylation sites is 1. The van der Waals surface area contributed by atoms with E-state index in [1.54, 1.807) is 30.5 Å². The Bertz CT molecular complexity index is 1340. The van der Waals surface area contributed by atoms with Crippen molar-refractivity contribution >= 4 is 43.4 Å². The number of sulfonamides is 1. The van der Waals surface area contributed by atoms with Crippen LogP contribution in [-0.4, -0.2) is 20.6 Å². The highest BCUT2D eigenvalue weighted by Crippen LogP contribution is 2.30. The van der Waals surface area contributed by atoms with Crippen molar-refractivity contribution in [1.29, 1.82) is 0 Å². The van der Waals surface area contributed by atoms with Crippen LogP contribution in [0.5, 0.6) is 0 Å². The number of fused-ring (bicyclic) bond motifs is 3. The summed E-state index contributed by atoms with van der Waals surface area (Å²) in [5.41, 5.74) is 2.70. The molecule has 0 aliphatic rings. The van der Waals surface area contributed by atoms with Gasteiger partial charge < -0.3 is 9.73 Å². The van der Waals surface area contributed by atoms with Crippen molar-refractivity contribution < 1.29 is 17.6 Å². The Morgan fingerprint density at radius 1 is 1.03 bits per heavy atom. The fourth-order valence-corrected chi connectivity index (χ4v) is 4.30. The lowest BCUT2D eigenvalue weighted by Gasteiger charge is -2.18. The first-order valence-electron chi connectivity index (χ1n) is 9.56. The zero-order valence-electron chi connectivity index (χ0n) is 16.7. The summed E-state index contributed by atoms with van der Waals surface area (Å²) in [6.45, 7) is 1.82. The van der Waals surface area contributed by atoms with Crippen LogP contribution >= 0.6 is 0 Å². The molecule has 0 radical (unpaired) electrons. The van der Waals surface area contributed by atoms with Crippen LogP contribution in [0.4, 0.5) is 5.69 Å². The third kappa shape index (κ3) is 4.16. The summed E-state index contributed by atoms with van der Waals surface area (Å²) in [5.74, 6) is -0.174. The van der Waals surface area contributed by atoms with E-state index in [0.717, 1.165) is 33.6 Å². The Kier molecular flexibility index (Phi) is 5.22. The fraction of sp³-hybridized carbons (Fsp3) is 0.174. The van der Waals surface area contributed by atoms with E-state index in [1.807, 2.05) is 43.3 Å². The van der Waals surface area contributed by atoms with Crippen LogP contribution in [0.1, 0.15) is 24.1 Å². The summed E-state index contributed by atoms with van der Waals surface area (Å²) in [7, 11) is -3.42. The molecule has 4 aromatic rings. The first-order chi connectivity index (χ1) is 14.3. The van der Waals surface area contributed by atoms with Gasteiger partial charge in [0.05, 0.1) is 30.7 Å². The van der Waals surface area contributed by atoms with Gasteiger partial charge >= 0.3 is 0 Å². The summed E-state index contributed by atoms with van der Waals surface area (Å²) in [6.07, 6.45) is 2.88. The maximum Gasteiger partial charge on any atom is 0.229 e. The first kappa shape index (κ1) is 20.0. The van der Waals surface area contributed by atoms with Gasteiger partial charge in [0.15, 0.2) is 0 Å². The van der Waals surface area contributed by atoms with Crippen molar-refractivity contribution in [3.63, 3.8) is 0 Å². The van der Waals surface area contributed by atoms with Crippen molar-refractivity contribution in [1.82, 2.24) is 5.32 Å². The van der Waals surface area contributed by atoms with Crippen molar-refractivity contribution in [2.75, 3.05) is 11.0 Å². The number of hydrogen-bond acceptors (Lipinski definition) is 4. The number of carbonyl (C=O) groups is 1. The van der Waals surface area contributed by atoms with Crippen molar-refractivity contribution in [3.8, 4) is 0 Å². The van der Waals surface area contributed by atoms with E-state index in [4.69, 9.17) is 4.42 Å². The van der Waals surface area contributed by atoms with Crippen LogP contribution in [0.25, 0.3) is 21.7 Å². The fourth-order valence-electron chi connectivity index (χ4n) is 3.72. The molecule has 7 heteroatoms. The van der Waals surface area contributed by atoms with Crippen molar-refractivity contribution in [2.24, 2.45) is 0 Å². The molecule has 0 spiro atoms. The largest absolute Gasteiger partial charge is 0.464 e. The van der Waals surface area contributed by atoms with E-state index >= 15 is 0 Å². The molecule has 0 aliphatic heterocycles. The molecular formula is C23H22N2O4S. The molecule has 154 valence electrons. The molecular weight excluding hydrogens is 400 g/mol. The number of furan rings is 1. The van der Waals surface area contributed by atoms with E-state index in [9.17, 15) is 13.2 Å². The topological polar surface area (TPSA) is 88.4 Å². The predicted molar refractivity (Wildman–Crippen MR) is 119 cm³/mol. The maximum atomic E-state index is 12.8. The number of carbonyl (C=O) groups excluding carboxylic acids is 1. The van der Waals surface area contributed by atoms with E-state index in [2.05, 4.69) is 10.0 Å². The molecule has 1 heterocycles. The number of amides is 1. The van der Waals surface area contributed by atoms with Gasteiger partial charge in [0.25, 0.3) is 0 Å². The summed E-state index contributed by atoms with van der Waals surface area (Å²) in [6, 6.07) is 18.5. The number of rotatable bonds is 6. The molecule has 0 saturated carbocycles. The minimum absolute atomic E-state index is 0.160. The van der Waals surface area contributed by atoms with E-state index in [0.29, 0.717) is 11.3 Å². The van der Waals surface area contributed by atoms with Crippen LogP contribution in [0.3, 0.4) is 0 Å². The monoisotopic (exact) mass is 422 g/mol. The second-order valence-electron chi connectivity index (χ2n) is 7.35. The second kappa shape index (κ2) is 7.84. The van der Waals surface area contributed by atoms with Crippen LogP contribution in [0, 0.1) is 0 Å². The number of benzene rings is 3. The highest BCUT2D eigenvalue weighted by molar-refractivity contribution is 7.92. The molecule has 2 N–H and O–H groups in total. The Labute approximate surface area is 174 Å². The Morgan fingerprint density at radius 3 is 2.57 bits per heavy atom. The van der Waals surface area contributed by atoms with Gasteiger partial charge in [0.2, 0.25) is 15.9 Å². The summed E-state index contributed by atoms with van der Waals surface area (Å²) >= 11 is 0. The molecule has 1 atom stereocenters. The van der Waals surface area contributed by atoms with Gasteiger partial charge in [-0.2, -0.15) is 0 Å². The van der Waals surface area contributed by atoms with Gasteiger partial charge in [-0.1, -0.05) is 48.5 Å². The molecule has 1 unspecified atom stereocenters. The maximum absolute atomic E-state index is 12.8. The average molecular weight is 423 g/mol. The zero-order valence-corrected chi connectivity index (χ0v) is 17.5. The average Bonchev–Trinajstić information content (AvgIpc) is 3.10. The lowest BCUT2D eigenvalue weighted by atomic mass is 10.0. The second-order valence-corrected chi connectivity index (χ2v) is 9.10. The summed E-state index contributed by atoms with van der Waals surface area (Å²) < 4.78 is 31.4. The quantitative estimate of drug-likeness (QED) is 0.483. The van der Waals surface area contributed by atoms with Crippen LogP contribution in [0.15, 0.2) is 71.3 Å². The molecule has 0 fully saturated rings. The minimum Gasteiger partial charge on any atom is -0.464 e. The normalized spacial score (nSPS) is 12.7. The zero-order chi connectivity index (χ0) is 21.3. The molecule has 4 rings (SSSR count). The lowest BCUT2D eigenvalue weighted by molar-refractivity contribution is -0.121. The molecule has 3 aromatic carbocycles. The smallest absolute Gasteiger partial charge is 0.229 e. The highest BCUT2D eigenvalue weighted by atomic mass is 32.2. The molecule has 6 nitrogen and oxygen atoms in total. The lowest BCUT2D eigenvalue weighted by Crippen LogP contribution is -2.28. The number of nitrogens with one attached hydrogen (secondary N) is 2. The standard InChI is InChI=1S/C23H22N2O4S/c1-15(18-8-5-6-10-20(18)25-30(2,27)28)24-22(26)13-17-14-29-21-12-11-16-7-3-4-9-19(16)23(17)21/h3-12,14-15,25H,13H2,1-2H3,(H,24,26).